The first-order chi connectivity index (χ1) is 25.7. The molecule has 0 unspecified atom stereocenters. The van der Waals surface area contributed by atoms with Crippen LogP contribution in [0.5, 0.6) is 0 Å². The number of hydrogen-bond donors (Lipinski definition) is 0. The lowest BCUT2D eigenvalue weighted by atomic mass is 9.88. The molecule has 10 rings (SSSR count). The van der Waals surface area contributed by atoms with Gasteiger partial charge in [-0.2, -0.15) is 0 Å². The summed E-state index contributed by atoms with van der Waals surface area (Å²) >= 11 is 0. The maximum atomic E-state index is 6.26. The van der Waals surface area contributed by atoms with E-state index >= 15 is 0 Å². The fourth-order valence-corrected chi connectivity index (χ4v) is 8.38. The fraction of sp³-hybridized carbons (Fsp3) is 0.170. The van der Waals surface area contributed by atoms with Crippen molar-refractivity contribution in [2.75, 3.05) is 7.11 Å². The highest BCUT2D eigenvalue weighted by atomic mass is 16.5. The Morgan fingerprint density at radius 3 is 2.08 bits per heavy atom. The molecule has 1 aliphatic rings. The van der Waals surface area contributed by atoms with Crippen LogP contribution in [-0.4, -0.2) is 22.1 Å². The third-order valence-electron chi connectivity index (χ3n) is 10.9. The number of rotatable bonds is 6. The Bertz CT molecular complexity index is 2810. The van der Waals surface area contributed by atoms with Crippen LogP contribution in [0.25, 0.3) is 88.2 Å². The summed E-state index contributed by atoms with van der Waals surface area (Å²) in [4.78, 5) is 15.9. The predicted molar refractivity (Wildman–Crippen MR) is 212 cm³/mol. The molecule has 7 aromatic carbocycles. The summed E-state index contributed by atoms with van der Waals surface area (Å²) in [5, 5.41) is 9.19. The van der Waals surface area contributed by atoms with Crippen LogP contribution in [0.4, 0.5) is 0 Å². The van der Waals surface area contributed by atoms with Gasteiger partial charge in [0, 0.05) is 34.9 Å². The molecule has 0 bridgehead atoms. The monoisotopic (exact) mass is 675 g/mol. The molecule has 0 N–H and O–H groups in total. The number of benzene rings is 7. The molecule has 0 radical (unpaired) electrons. The second-order valence-electron chi connectivity index (χ2n) is 14.2. The number of nitrogens with zero attached hydrogens (tertiary/aromatic N) is 3. The highest BCUT2D eigenvalue weighted by Gasteiger charge is 2.23. The SMILES string of the molecule is COCc1cc(-c2nc(-c3cc(-c4cccc5cc6oc7ccccc7c6cc45)cc4ccccc34)nc(C3CCCCC3)n2)cc2ccccc12. The van der Waals surface area contributed by atoms with E-state index in [1.54, 1.807) is 7.11 Å². The molecule has 2 aromatic heterocycles. The van der Waals surface area contributed by atoms with Crippen LogP contribution in [-0.2, 0) is 11.3 Å². The summed E-state index contributed by atoms with van der Waals surface area (Å²) in [6.45, 7) is 0.514. The Morgan fingerprint density at radius 2 is 1.23 bits per heavy atom. The van der Waals surface area contributed by atoms with Crippen molar-refractivity contribution in [1.82, 2.24) is 15.0 Å². The van der Waals surface area contributed by atoms with Crippen molar-refractivity contribution in [3.8, 4) is 33.9 Å². The minimum Gasteiger partial charge on any atom is -0.456 e. The lowest BCUT2D eigenvalue weighted by Crippen LogP contribution is -2.11. The summed E-state index contributed by atoms with van der Waals surface area (Å²) in [7, 11) is 1.75. The Kier molecular flexibility index (Phi) is 7.54. The van der Waals surface area contributed by atoms with Gasteiger partial charge in [-0.3, -0.25) is 0 Å². The first-order valence-electron chi connectivity index (χ1n) is 18.3. The van der Waals surface area contributed by atoms with E-state index in [0.29, 0.717) is 24.2 Å². The van der Waals surface area contributed by atoms with E-state index in [2.05, 4.69) is 115 Å². The van der Waals surface area contributed by atoms with Crippen LogP contribution in [0, 0.1) is 0 Å². The number of ether oxygens (including phenoxy) is 1. The summed E-state index contributed by atoms with van der Waals surface area (Å²) in [5.41, 5.74) is 7.22. The van der Waals surface area contributed by atoms with Crippen molar-refractivity contribution in [1.29, 1.82) is 0 Å². The molecule has 0 atom stereocenters. The molecule has 2 heterocycles. The molecule has 0 saturated heterocycles. The van der Waals surface area contributed by atoms with Gasteiger partial charge in [0.1, 0.15) is 17.0 Å². The topological polar surface area (TPSA) is 61.0 Å². The molecule has 5 nitrogen and oxygen atoms in total. The van der Waals surface area contributed by atoms with Crippen LogP contribution < -0.4 is 0 Å². The summed E-state index contributed by atoms with van der Waals surface area (Å²) in [6.07, 6.45) is 5.87. The van der Waals surface area contributed by atoms with Crippen LogP contribution in [0.15, 0.2) is 132 Å². The van der Waals surface area contributed by atoms with Crippen LogP contribution >= 0.6 is 0 Å². The Hall–Kier alpha value is -5.91. The molecular weight excluding hydrogens is 639 g/mol. The van der Waals surface area contributed by atoms with E-state index in [9.17, 15) is 0 Å². The van der Waals surface area contributed by atoms with Gasteiger partial charge in [0.2, 0.25) is 0 Å². The molecule has 9 aromatic rings. The molecule has 0 spiro atoms. The minimum absolute atomic E-state index is 0.313. The quantitative estimate of drug-likeness (QED) is 0.176. The number of fused-ring (bicyclic) bond motifs is 6. The van der Waals surface area contributed by atoms with E-state index in [1.165, 1.54) is 30.0 Å². The average Bonchev–Trinajstić information content (AvgIpc) is 3.57. The number of para-hydroxylation sites is 1. The van der Waals surface area contributed by atoms with Gasteiger partial charge in [-0.05, 0) is 104 Å². The Morgan fingerprint density at radius 1 is 0.538 bits per heavy atom. The van der Waals surface area contributed by atoms with Crippen LogP contribution in [0.1, 0.15) is 49.4 Å². The maximum absolute atomic E-state index is 6.26. The number of hydrogen-bond acceptors (Lipinski definition) is 5. The van der Waals surface area contributed by atoms with Crippen LogP contribution in [0.2, 0.25) is 0 Å². The molecule has 1 fully saturated rings. The summed E-state index contributed by atoms with van der Waals surface area (Å²) < 4.78 is 11.9. The lowest BCUT2D eigenvalue weighted by Gasteiger charge is -2.21. The van der Waals surface area contributed by atoms with Crippen molar-refractivity contribution in [3.63, 3.8) is 0 Å². The van der Waals surface area contributed by atoms with Gasteiger partial charge in [-0.1, -0.05) is 104 Å². The molecule has 252 valence electrons. The molecule has 1 saturated carbocycles. The molecule has 0 aliphatic heterocycles. The second-order valence-corrected chi connectivity index (χ2v) is 14.2. The summed E-state index contributed by atoms with van der Waals surface area (Å²) in [5.74, 6) is 2.64. The van der Waals surface area contributed by atoms with Gasteiger partial charge in [-0.25, -0.2) is 15.0 Å². The van der Waals surface area contributed by atoms with Gasteiger partial charge in [0.25, 0.3) is 0 Å². The van der Waals surface area contributed by atoms with E-state index in [1.807, 2.05) is 12.1 Å². The average molecular weight is 676 g/mol. The highest BCUT2D eigenvalue weighted by Crippen LogP contribution is 2.40. The third kappa shape index (κ3) is 5.32. The highest BCUT2D eigenvalue weighted by molar-refractivity contribution is 6.13. The number of furan rings is 1. The van der Waals surface area contributed by atoms with Gasteiger partial charge in [0.15, 0.2) is 11.6 Å². The van der Waals surface area contributed by atoms with Crippen molar-refractivity contribution >= 4 is 54.3 Å². The normalized spacial score (nSPS) is 13.9. The standard InChI is InChI=1S/C47H37N3O2/c1-51-28-35-24-34(23-30-14-5-7-17-36(30)35)46-48-45(29-12-3-2-4-13-29)49-47(50-46)42-25-33(22-31-15-6-8-18-37(31)42)38-20-11-16-32-26-44-41(27-40(32)38)39-19-9-10-21-43(39)52-44/h5-11,14-27,29H,2-4,12-13,28H2,1H3. The van der Waals surface area contributed by atoms with E-state index in [-0.39, 0.29) is 0 Å². The zero-order valence-corrected chi connectivity index (χ0v) is 29.1. The number of methoxy groups -OCH3 is 1. The van der Waals surface area contributed by atoms with Crippen molar-refractivity contribution in [3.05, 3.63) is 139 Å². The first-order valence-corrected chi connectivity index (χ1v) is 18.3. The molecule has 5 heteroatoms. The van der Waals surface area contributed by atoms with Crippen molar-refractivity contribution in [2.45, 2.75) is 44.6 Å². The molecule has 0 amide bonds. The zero-order chi connectivity index (χ0) is 34.6. The predicted octanol–water partition coefficient (Wildman–Crippen LogP) is 12.4. The Balaban J connectivity index is 1.20. The largest absolute Gasteiger partial charge is 0.456 e. The molecular formula is C47H37N3O2. The minimum atomic E-state index is 0.313. The van der Waals surface area contributed by atoms with Crippen molar-refractivity contribution < 1.29 is 9.15 Å². The van der Waals surface area contributed by atoms with E-state index in [4.69, 9.17) is 24.1 Å². The lowest BCUT2D eigenvalue weighted by molar-refractivity contribution is 0.186. The fourth-order valence-electron chi connectivity index (χ4n) is 8.38. The maximum Gasteiger partial charge on any atom is 0.164 e. The smallest absolute Gasteiger partial charge is 0.164 e. The molecule has 52 heavy (non-hydrogen) atoms. The van der Waals surface area contributed by atoms with Crippen molar-refractivity contribution in [2.24, 2.45) is 0 Å². The second kappa shape index (κ2) is 12.7. The Labute approximate surface area is 301 Å². The van der Waals surface area contributed by atoms with E-state index in [0.717, 1.165) is 90.0 Å². The van der Waals surface area contributed by atoms with Crippen LogP contribution in [0.3, 0.4) is 0 Å². The molecule has 1 aliphatic carbocycles. The summed E-state index contributed by atoms with van der Waals surface area (Å²) in [6, 6.07) is 45.3. The van der Waals surface area contributed by atoms with Gasteiger partial charge in [-0.15, -0.1) is 0 Å². The number of aromatic nitrogens is 3. The van der Waals surface area contributed by atoms with Gasteiger partial charge < -0.3 is 9.15 Å². The van der Waals surface area contributed by atoms with Gasteiger partial charge in [0.05, 0.1) is 6.61 Å². The van der Waals surface area contributed by atoms with E-state index < -0.39 is 0 Å². The third-order valence-corrected chi connectivity index (χ3v) is 10.9. The zero-order valence-electron chi connectivity index (χ0n) is 29.1. The van der Waals surface area contributed by atoms with Gasteiger partial charge >= 0.3 is 0 Å². The first kappa shape index (κ1) is 30.9.